The van der Waals surface area contributed by atoms with Crippen LogP contribution in [0.3, 0.4) is 0 Å². The summed E-state index contributed by atoms with van der Waals surface area (Å²) in [5.41, 5.74) is 1.79. The van der Waals surface area contributed by atoms with E-state index in [1.54, 1.807) is 6.20 Å². The van der Waals surface area contributed by atoms with Crippen LogP contribution in [0.15, 0.2) is 42.7 Å². The van der Waals surface area contributed by atoms with Crippen molar-refractivity contribution in [2.45, 2.75) is 18.8 Å². The van der Waals surface area contributed by atoms with Crippen LogP contribution in [-0.4, -0.2) is 16.5 Å². The van der Waals surface area contributed by atoms with Gasteiger partial charge in [0.25, 0.3) is 0 Å². The highest BCUT2D eigenvalue weighted by Gasteiger charge is 2.29. The minimum absolute atomic E-state index is 0.353. The highest BCUT2D eigenvalue weighted by molar-refractivity contribution is 5.35. The molecule has 0 aliphatic heterocycles. The molecule has 0 unspecified atom stereocenters. The second kappa shape index (κ2) is 5.70. The van der Waals surface area contributed by atoms with E-state index in [0.717, 1.165) is 6.54 Å². The van der Waals surface area contributed by atoms with E-state index >= 15 is 0 Å². The molecule has 1 aliphatic rings. The van der Waals surface area contributed by atoms with Crippen molar-refractivity contribution in [3.63, 3.8) is 0 Å². The van der Waals surface area contributed by atoms with Gasteiger partial charge in [0.15, 0.2) is 5.69 Å². The normalized spacial score (nSPS) is 20.8. The topological polar surface area (TPSA) is 61.6 Å². The first kappa shape index (κ1) is 12.6. The van der Waals surface area contributed by atoms with Crippen LogP contribution < -0.4 is 5.32 Å². The minimum Gasteiger partial charge on any atom is -0.368 e. The van der Waals surface area contributed by atoms with Crippen LogP contribution in [0.25, 0.3) is 0 Å². The zero-order chi connectivity index (χ0) is 13.8. The number of hydrogen-bond acceptors (Lipinski definition) is 4. The lowest BCUT2D eigenvalue weighted by Crippen LogP contribution is -2.28. The Hall–Kier alpha value is -2.41. The molecule has 4 heteroatoms. The van der Waals surface area contributed by atoms with Gasteiger partial charge in [-0.3, -0.25) is 4.98 Å². The smallest absolute Gasteiger partial charge is 0.161 e. The summed E-state index contributed by atoms with van der Waals surface area (Å²) in [4.78, 5) is 8.16. The van der Waals surface area contributed by atoms with Crippen molar-refractivity contribution >= 4 is 5.82 Å². The number of anilines is 1. The van der Waals surface area contributed by atoms with Crippen LogP contribution >= 0.6 is 0 Å². The van der Waals surface area contributed by atoms with E-state index in [1.165, 1.54) is 24.6 Å². The average molecular weight is 264 g/mol. The standard InChI is InChI=1S/C16H16N4/c17-8-15-10-18-11-16(20-15)19-9-12-6-14(7-12)13-4-2-1-3-5-13/h1-5,10-12,14H,6-7,9H2,(H,19,20). The number of nitrogens with zero attached hydrogens (tertiary/aromatic N) is 3. The maximum absolute atomic E-state index is 8.78. The lowest BCUT2D eigenvalue weighted by Gasteiger charge is -2.35. The monoisotopic (exact) mass is 264 g/mol. The molecule has 0 saturated heterocycles. The minimum atomic E-state index is 0.353. The fourth-order valence-corrected chi connectivity index (χ4v) is 2.65. The summed E-state index contributed by atoms with van der Waals surface area (Å²) in [6.07, 6.45) is 5.55. The van der Waals surface area contributed by atoms with Crippen molar-refractivity contribution in [3.8, 4) is 6.07 Å². The van der Waals surface area contributed by atoms with Crippen molar-refractivity contribution in [2.24, 2.45) is 5.92 Å². The first-order valence-electron chi connectivity index (χ1n) is 6.86. The number of hydrogen-bond donors (Lipinski definition) is 1. The third-order valence-corrected chi connectivity index (χ3v) is 3.83. The summed E-state index contributed by atoms with van der Waals surface area (Å²) in [6.45, 7) is 0.896. The third kappa shape index (κ3) is 2.77. The average Bonchev–Trinajstić information content (AvgIpc) is 2.47. The van der Waals surface area contributed by atoms with Crippen molar-refractivity contribution in [3.05, 3.63) is 54.0 Å². The SMILES string of the molecule is N#Cc1cncc(NCC2CC(c3ccccc3)C2)n1. The molecule has 1 aromatic carbocycles. The van der Waals surface area contributed by atoms with Gasteiger partial charge < -0.3 is 5.32 Å². The Kier molecular flexibility index (Phi) is 3.60. The lowest BCUT2D eigenvalue weighted by atomic mass is 9.71. The molecule has 1 aliphatic carbocycles. The number of nitriles is 1. The van der Waals surface area contributed by atoms with Gasteiger partial charge >= 0.3 is 0 Å². The molecule has 2 aromatic rings. The largest absolute Gasteiger partial charge is 0.368 e. The van der Waals surface area contributed by atoms with E-state index in [2.05, 4.69) is 45.6 Å². The van der Waals surface area contributed by atoms with Gasteiger partial charge in [-0.05, 0) is 30.2 Å². The fraction of sp³-hybridized carbons (Fsp3) is 0.312. The molecular weight excluding hydrogens is 248 g/mol. The Bertz CT molecular complexity index is 612. The van der Waals surface area contributed by atoms with E-state index in [9.17, 15) is 0 Å². The summed E-state index contributed by atoms with van der Waals surface area (Å²) in [5.74, 6) is 2.06. The molecule has 0 amide bonds. The lowest BCUT2D eigenvalue weighted by molar-refractivity contribution is 0.278. The van der Waals surface area contributed by atoms with Gasteiger partial charge in [0.05, 0.1) is 12.4 Å². The maximum Gasteiger partial charge on any atom is 0.161 e. The van der Waals surface area contributed by atoms with Crippen LogP contribution in [0.2, 0.25) is 0 Å². The summed E-state index contributed by atoms with van der Waals surface area (Å²) in [5, 5.41) is 12.0. The molecule has 0 spiro atoms. The molecule has 100 valence electrons. The number of aromatic nitrogens is 2. The van der Waals surface area contributed by atoms with Gasteiger partial charge in [0.1, 0.15) is 11.9 Å². The third-order valence-electron chi connectivity index (χ3n) is 3.83. The molecule has 0 bridgehead atoms. The van der Waals surface area contributed by atoms with Crippen LogP contribution in [0.4, 0.5) is 5.82 Å². The van der Waals surface area contributed by atoms with Crippen molar-refractivity contribution in [1.82, 2.24) is 9.97 Å². The molecule has 1 aromatic heterocycles. The van der Waals surface area contributed by atoms with Crippen LogP contribution in [0.1, 0.15) is 30.0 Å². The second-order valence-electron chi connectivity index (χ2n) is 5.23. The second-order valence-corrected chi connectivity index (χ2v) is 5.23. The molecule has 1 fully saturated rings. The molecule has 1 saturated carbocycles. The first-order valence-corrected chi connectivity index (χ1v) is 6.86. The fourth-order valence-electron chi connectivity index (χ4n) is 2.65. The van der Waals surface area contributed by atoms with Gasteiger partial charge in [-0.1, -0.05) is 30.3 Å². The number of benzene rings is 1. The summed E-state index contributed by atoms with van der Waals surface area (Å²) in [6, 6.07) is 12.7. The molecule has 1 heterocycles. The molecule has 0 atom stereocenters. The van der Waals surface area contributed by atoms with E-state index in [-0.39, 0.29) is 0 Å². The zero-order valence-electron chi connectivity index (χ0n) is 11.2. The Balaban J connectivity index is 1.49. The summed E-state index contributed by atoms with van der Waals surface area (Å²) >= 11 is 0. The predicted molar refractivity (Wildman–Crippen MR) is 77.1 cm³/mol. The van der Waals surface area contributed by atoms with Gasteiger partial charge in [0, 0.05) is 6.54 Å². The van der Waals surface area contributed by atoms with Crippen molar-refractivity contribution in [1.29, 1.82) is 5.26 Å². The van der Waals surface area contributed by atoms with Crippen LogP contribution in [-0.2, 0) is 0 Å². The van der Waals surface area contributed by atoms with Crippen LogP contribution in [0, 0.1) is 17.2 Å². The van der Waals surface area contributed by atoms with Crippen molar-refractivity contribution < 1.29 is 0 Å². The Labute approximate surface area is 118 Å². The molecule has 3 rings (SSSR count). The number of nitrogens with one attached hydrogen (secondary N) is 1. The van der Waals surface area contributed by atoms with E-state index < -0.39 is 0 Å². The highest BCUT2D eigenvalue weighted by Crippen LogP contribution is 2.41. The Morgan fingerprint density at radius 2 is 2.00 bits per heavy atom. The van der Waals surface area contributed by atoms with Crippen LogP contribution in [0.5, 0.6) is 0 Å². The van der Waals surface area contributed by atoms with E-state index in [0.29, 0.717) is 23.3 Å². The maximum atomic E-state index is 8.78. The highest BCUT2D eigenvalue weighted by atomic mass is 15.0. The summed E-state index contributed by atoms with van der Waals surface area (Å²) in [7, 11) is 0. The first-order chi connectivity index (χ1) is 9.85. The molecule has 0 radical (unpaired) electrons. The quantitative estimate of drug-likeness (QED) is 0.922. The van der Waals surface area contributed by atoms with Gasteiger partial charge in [0.2, 0.25) is 0 Å². The summed E-state index contributed by atoms with van der Waals surface area (Å²) < 4.78 is 0. The predicted octanol–water partition coefficient (Wildman–Crippen LogP) is 2.95. The molecule has 20 heavy (non-hydrogen) atoms. The van der Waals surface area contributed by atoms with Gasteiger partial charge in [-0.15, -0.1) is 0 Å². The Morgan fingerprint density at radius 3 is 2.75 bits per heavy atom. The molecule has 4 nitrogen and oxygen atoms in total. The van der Waals surface area contributed by atoms with Gasteiger partial charge in [-0.2, -0.15) is 5.26 Å². The molecule has 1 N–H and O–H groups in total. The van der Waals surface area contributed by atoms with E-state index in [1.807, 2.05) is 6.07 Å². The zero-order valence-corrected chi connectivity index (χ0v) is 11.2. The number of rotatable bonds is 4. The Morgan fingerprint density at radius 1 is 1.20 bits per heavy atom. The van der Waals surface area contributed by atoms with Gasteiger partial charge in [-0.25, -0.2) is 4.98 Å². The van der Waals surface area contributed by atoms with Crippen molar-refractivity contribution in [2.75, 3.05) is 11.9 Å². The van der Waals surface area contributed by atoms with E-state index in [4.69, 9.17) is 5.26 Å². The molecular formula is C16H16N4.